The summed E-state index contributed by atoms with van der Waals surface area (Å²) in [5.41, 5.74) is 15.8. The van der Waals surface area contributed by atoms with Crippen molar-refractivity contribution in [3.05, 3.63) is 158 Å². The first-order chi connectivity index (χ1) is 20.2. The fraction of sp³-hybridized carbons (Fsp3) is 0. The average Bonchev–Trinajstić information content (AvgIpc) is 3.49. The summed E-state index contributed by atoms with van der Waals surface area (Å²) in [6.07, 6.45) is 0. The second-order valence-electron chi connectivity index (χ2n) is 9.53. The minimum Gasteiger partial charge on any atom is -0.399 e. The molecule has 0 spiro atoms. The van der Waals surface area contributed by atoms with Crippen LogP contribution in [0.2, 0.25) is 0 Å². The van der Waals surface area contributed by atoms with E-state index >= 15 is 0 Å². The van der Waals surface area contributed by atoms with Crippen LogP contribution in [0.1, 0.15) is 0 Å². The van der Waals surface area contributed by atoms with Gasteiger partial charge in [-0.25, -0.2) is 0 Å². The van der Waals surface area contributed by atoms with Crippen molar-refractivity contribution < 1.29 is 0 Å². The number of para-hydroxylation sites is 2. The summed E-state index contributed by atoms with van der Waals surface area (Å²) < 4.78 is 0. The summed E-state index contributed by atoms with van der Waals surface area (Å²) in [7, 11) is 0. The minimum atomic E-state index is 0.718. The molecule has 6 aromatic carbocycles. The highest BCUT2D eigenvalue weighted by Gasteiger charge is 2.15. The van der Waals surface area contributed by atoms with Crippen molar-refractivity contribution >= 4 is 28.1 Å². The van der Waals surface area contributed by atoms with Crippen molar-refractivity contribution in [3.8, 4) is 27.9 Å². The van der Waals surface area contributed by atoms with Crippen molar-refractivity contribution in [2.75, 3.05) is 11.1 Å². The van der Waals surface area contributed by atoms with Crippen LogP contribution in [-0.4, -0.2) is 15.0 Å². The molecule has 0 aliphatic rings. The van der Waals surface area contributed by atoms with Crippen LogP contribution >= 0.6 is 0 Å². The molecule has 1 aromatic heterocycles. The number of nitrogens with zero attached hydrogens (tertiary/aromatic N) is 3. The van der Waals surface area contributed by atoms with Gasteiger partial charge in [0.15, 0.2) is 0 Å². The van der Waals surface area contributed by atoms with E-state index < -0.39 is 0 Å². The molecule has 0 amide bonds. The molecule has 3 N–H and O–H groups in total. The lowest BCUT2D eigenvalue weighted by Crippen LogP contribution is -1.98. The van der Waals surface area contributed by atoms with Gasteiger partial charge in [-0.1, -0.05) is 109 Å². The van der Waals surface area contributed by atoms with E-state index in [9.17, 15) is 0 Å². The first-order valence-electron chi connectivity index (χ1n) is 13.5. The van der Waals surface area contributed by atoms with E-state index in [1.807, 2.05) is 121 Å². The molecule has 41 heavy (non-hydrogen) atoms. The highest BCUT2D eigenvalue weighted by atomic mass is 15.5. The molecule has 0 unspecified atom stereocenters. The van der Waals surface area contributed by atoms with Crippen LogP contribution in [0.4, 0.5) is 17.1 Å². The van der Waals surface area contributed by atoms with E-state index in [1.165, 1.54) is 0 Å². The van der Waals surface area contributed by atoms with Crippen LogP contribution in [0.25, 0.3) is 39.0 Å². The Kier molecular flexibility index (Phi) is 7.50. The Labute approximate surface area is 239 Å². The zero-order chi connectivity index (χ0) is 27.9. The molecule has 0 saturated carbocycles. The minimum absolute atomic E-state index is 0.718. The predicted molar refractivity (Wildman–Crippen MR) is 170 cm³/mol. The molecule has 1 heterocycles. The molecule has 0 fully saturated rings. The highest BCUT2D eigenvalue weighted by molar-refractivity contribution is 6.00. The highest BCUT2D eigenvalue weighted by Crippen LogP contribution is 2.34. The third kappa shape index (κ3) is 6.00. The second-order valence-corrected chi connectivity index (χ2v) is 9.53. The number of aromatic nitrogens is 3. The van der Waals surface area contributed by atoms with Crippen LogP contribution < -0.4 is 11.1 Å². The molecule has 5 nitrogen and oxygen atoms in total. The number of nitrogen functional groups attached to an aromatic ring is 1. The SMILES string of the molecule is Nc1ccc(-n2nc3c(-c4ccccc4)ccc(-c4ccccc4)c3n2)cc1.c1ccc(Nc2ccccc2)cc1. The zero-order valence-electron chi connectivity index (χ0n) is 22.4. The Hall–Kier alpha value is -5.68. The fourth-order valence-corrected chi connectivity index (χ4v) is 4.63. The molecule has 0 aliphatic carbocycles. The lowest BCUT2D eigenvalue weighted by atomic mass is 9.98. The van der Waals surface area contributed by atoms with E-state index in [4.69, 9.17) is 15.9 Å². The van der Waals surface area contributed by atoms with E-state index in [1.54, 1.807) is 4.80 Å². The zero-order valence-corrected chi connectivity index (χ0v) is 22.4. The van der Waals surface area contributed by atoms with Gasteiger partial charge in [0.05, 0.1) is 5.69 Å². The summed E-state index contributed by atoms with van der Waals surface area (Å²) in [6.45, 7) is 0. The number of hydrogen-bond donors (Lipinski definition) is 2. The summed E-state index contributed by atoms with van der Waals surface area (Å²) in [5, 5.41) is 13.0. The van der Waals surface area contributed by atoms with Crippen LogP contribution in [-0.2, 0) is 0 Å². The molecule has 0 aliphatic heterocycles. The molecule has 0 bridgehead atoms. The number of nitrogens with two attached hydrogens (primary N) is 1. The maximum absolute atomic E-state index is 5.83. The standard InChI is InChI=1S/C24H18N4.C12H11N/c25-19-11-13-20(14-12-19)28-26-23-21(17-7-3-1-4-8-17)15-16-22(24(23)27-28)18-9-5-2-6-10-18;1-3-7-11(8-4-1)13-12-9-5-2-6-10-12/h1-16H,25H2;1-10,13H. The number of nitrogens with one attached hydrogen (secondary N) is 1. The van der Waals surface area contributed by atoms with Gasteiger partial charge < -0.3 is 11.1 Å². The Balaban J connectivity index is 0.000000195. The van der Waals surface area contributed by atoms with Crippen molar-refractivity contribution in [1.29, 1.82) is 0 Å². The lowest BCUT2D eigenvalue weighted by Gasteiger charge is -2.06. The number of rotatable bonds is 5. The van der Waals surface area contributed by atoms with Gasteiger partial charge in [-0.05, 0) is 59.7 Å². The summed E-state index contributed by atoms with van der Waals surface area (Å²) >= 11 is 0. The monoisotopic (exact) mass is 531 g/mol. The maximum Gasteiger partial charge on any atom is 0.122 e. The Morgan fingerprint density at radius 3 is 1.24 bits per heavy atom. The van der Waals surface area contributed by atoms with Gasteiger partial charge in [0, 0.05) is 28.2 Å². The van der Waals surface area contributed by atoms with Gasteiger partial charge in [-0.3, -0.25) is 0 Å². The van der Waals surface area contributed by atoms with Gasteiger partial charge in [-0.15, -0.1) is 10.2 Å². The van der Waals surface area contributed by atoms with Crippen molar-refractivity contribution in [1.82, 2.24) is 15.0 Å². The summed E-state index contributed by atoms with van der Waals surface area (Å²) in [5.74, 6) is 0. The van der Waals surface area contributed by atoms with Crippen LogP contribution in [0.15, 0.2) is 158 Å². The van der Waals surface area contributed by atoms with Gasteiger partial charge >= 0.3 is 0 Å². The van der Waals surface area contributed by atoms with Crippen LogP contribution in [0.5, 0.6) is 0 Å². The molecular formula is C36H29N5. The smallest absolute Gasteiger partial charge is 0.122 e. The predicted octanol–water partition coefficient (Wildman–Crippen LogP) is 8.77. The van der Waals surface area contributed by atoms with Gasteiger partial charge in [0.25, 0.3) is 0 Å². The van der Waals surface area contributed by atoms with Crippen LogP contribution in [0.3, 0.4) is 0 Å². The second kappa shape index (κ2) is 12.0. The molecule has 0 atom stereocenters. The number of fused-ring (bicyclic) bond motifs is 1. The number of benzene rings is 6. The first-order valence-corrected chi connectivity index (χ1v) is 13.5. The molecule has 0 radical (unpaired) electrons. The van der Waals surface area contributed by atoms with E-state index in [2.05, 4.69) is 41.7 Å². The maximum atomic E-state index is 5.83. The third-order valence-electron chi connectivity index (χ3n) is 6.67. The van der Waals surface area contributed by atoms with E-state index in [-0.39, 0.29) is 0 Å². The Bertz CT molecular complexity index is 1720. The average molecular weight is 532 g/mol. The Morgan fingerprint density at radius 2 is 0.829 bits per heavy atom. The largest absolute Gasteiger partial charge is 0.399 e. The van der Waals surface area contributed by atoms with Crippen LogP contribution in [0, 0.1) is 0 Å². The molecule has 0 saturated heterocycles. The van der Waals surface area contributed by atoms with Crippen molar-refractivity contribution in [3.63, 3.8) is 0 Å². The normalized spacial score (nSPS) is 10.5. The number of anilines is 3. The van der Waals surface area contributed by atoms with Crippen molar-refractivity contribution in [2.24, 2.45) is 0 Å². The molecule has 7 aromatic rings. The Morgan fingerprint density at radius 1 is 0.439 bits per heavy atom. The molecule has 5 heteroatoms. The van der Waals surface area contributed by atoms with Crippen molar-refractivity contribution in [2.45, 2.75) is 0 Å². The van der Waals surface area contributed by atoms with E-state index in [0.717, 1.165) is 56.0 Å². The molecule has 198 valence electrons. The van der Waals surface area contributed by atoms with Gasteiger partial charge in [0.2, 0.25) is 0 Å². The van der Waals surface area contributed by atoms with E-state index in [0.29, 0.717) is 0 Å². The first kappa shape index (κ1) is 25.6. The van der Waals surface area contributed by atoms with Gasteiger partial charge in [-0.2, -0.15) is 4.80 Å². The number of hydrogen-bond acceptors (Lipinski definition) is 4. The summed E-state index contributed by atoms with van der Waals surface area (Å²) in [6, 6.07) is 52.7. The fourth-order valence-electron chi connectivity index (χ4n) is 4.63. The lowest BCUT2D eigenvalue weighted by molar-refractivity contribution is 0.766. The van der Waals surface area contributed by atoms with Gasteiger partial charge in [0.1, 0.15) is 11.0 Å². The summed E-state index contributed by atoms with van der Waals surface area (Å²) in [4.78, 5) is 1.68. The quantitative estimate of drug-likeness (QED) is 0.218. The molecule has 7 rings (SSSR count). The molecular weight excluding hydrogens is 502 g/mol. The third-order valence-corrected chi connectivity index (χ3v) is 6.67. The topological polar surface area (TPSA) is 68.8 Å².